The molecule has 2 nitrogen and oxygen atoms in total. The van der Waals surface area contributed by atoms with E-state index < -0.39 is 6.10 Å². The minimum atomic E-state index is -0.686. The first kappa shape index (κ1) is 10.4. The van der Waals surface area contributed by atoms with Gasteiger partial charge in [0.2, 0.25) is 0 Å². The molecule has 0 saturated carbocycles. The van der Waals surface area contributed by atoms with Crippen molar-refractivity contribution in [2.75, 3.05) is 0 Å². The van der Waals surface area contributed by atoms with Crippen LogP contribution in [0.1, 0.15) is 37.0 Å². The first-order valence-electron chi connectivity index (χ1n) is 5.28. The van der Waals surface area contributed by atoms with Crippen LogP contribution >= 0.6 is 0 Å². The zero-order valence-electron chi connectivity index (χ0n) is 8.96. The first-order chi connectivity index (χ1) is 7.13. The van der Waals surface area contributed by atoms with E-state index in [1.54, 1.807) is 6.92 Å². The van der Waals surface area contributed by atoms with Crippen LogP contribution in [-0.4, -0.2) is 11.2 Å². The molecule has 1 aliphatic rings. The number of aryl methyl sites for hydroxylation is 1. The highest BCUT2D eigenvalue weighted by atomic mass is 19.1. The smallest absolute Gasteiger partial charge is 0.129 e. The third-order valence-electron chi connectivity index (χ3n) is 2.78. The first-order valence-corrected chi connectivity index (χ1v) is 5.28. The predicted octanol–water partition coefficient (Wildman–Crippen LogP) is 2.73. The highest BCUT2D eigenvalue weighted by Gasteiger charge is 2.33. The van der Waals surface area contributed by atoms with E-state index in [2.05, 4.69) is 0 Å². The highest BCUT2D eigenvalue weighted by Crippen LogP contribution is 2.40. The largest absolute Gasteiger partial charge is 0.487 e. The highest BCUT2D eigenvalue weighted by molar-refractivity contribution is 5.46. The molecule has 0 spiro atoms. The fourth-order valence-electron chi connectivity index (χ4n) is 2.05. The van der Waals surface area contributed by atoms with Gasteiger partial charge in [0.05, 0.1) is 0 Å². The Balaban J connectivity index is 2.36. The van der Waals surface area contributed by atoms with Gasteiger partial charge in [0.15, 0.2) is 0 Å². The van der Waals surface area contributed by atoms with Gasteiger partial charge in [-0.25, -0.2) is 4.39 Å². The molecule has 82 valence electrons. The third kappa shape index (κ3) is 1.72. The summed E-state index contributed by atoms with van der Waals surface area (Å²) in [6.07, 6.45) is 0.827. The van der Waals surface area contributed by atoms with Crippen LogP contribution in [0, 0.1) is 12.7 Å². The Morgan fingerprint density at radius 1 is 1.47 bits per heavy atom. The second-order valence-corrected chi connectivity index (χ2v) is 4.03. The maximum absolute atomic E-state index is 13.1. The SMILES string of the molecule is CCCC1Oc2c(C)cc(F)cc2C1O. The monoisotopic (exact) mass is 210 g/mol. The quantitative estimate of drug-likeness (QED) is 0.813. The van der Waals surface area contributed by atoms with Gasteiger partial charge in [0.25, 0.3) is 0 Å². The Morgan fingerprint density at radius 3 is 2.87 bits per heavy atom. The molecule has 2 unspecified atom stereocenters. The van der Waals surface area contributed by atoms with Crippen molar-refractivity contribution in [3.8, 4) is 5.75 Å². The normalized spacial score (nSPS) is 23.7. The van der Waals surface area contributed by atoms with E-state index in [-0.39, 0.29) is 11.9 Å². The van der Waals surface area contributed by atoms with Crippen molar-refractivity contribution in [1.82, 2.24) is 0 Å². The minimum Gasteiger partial charge on any atom is -0.487 e. The van der Waals surface area contributed by atoms with Gasteiger partial charge in [0, 0.05) is 5.56 Å². The molecule has 0 aromatic heterocycles. The van der Waals surface area contributed by atoms with Crippen molar-refractivity contribution in [2.45, 2.75) is 38.9 Å². The van der Waals surface area contributed by atoms with Gasteiger partial charge in [-0.3, -0.25) is 0 Å². The molecule has 2 rings (SSSR count). The lowest BCUT2D eigenvalue weighted by molar-refractivity contribution is 0.0614. The van der Waals surface area contributed by atoms with Crippen LogP contribution in [0.3, 0.4) is 0 Å². The molecule has 1 aliphatic heterocycles. The lowest BCUT2D eigenvalue weighted by Gasteiger charge is -2.12. The number of rotatable bonds is 2. The number of aliphatic hydroxyl groups excluding tert-OH is 1. The Labute approximate surface area is 88.7 Å². The summed E-state index contributed by atoms with van der Waals surface area (Å²) in [5.41, 5.74) is 1.34. The Hall–Kier alpha value is -1.09. The Bertz CT molecular complexity index is 376. The number of ether oxygens (including phenoxy) is 1. The van der Waals surface area contributed by atoms with Crippen LogP contribution < -0.4 is 4.74 Å². The summed E-state index contributed by atoms with van der Waals surface area (Å²) >= 11 is 0. The zero-order valence-corrected chi connectivity index (χ0v) is 8.96. The Kier molecular flexibility index (Phi) is 2.65. The van der Waals surface area contributed by atoms with E-state index in [4.69, 9.17) is 4.74 Å². The molecule has 1 aromatic rings. The lowest BCUT2D eigenvalue weighted by atomic mass is 10.0. The van der Waals surface area contributed by atoms with Crippen molar-refractivity contribution in [3.63, 3.8) is 0 Å². The maximum Gasteiger partial charge on any atom is 0.129 e. The van der Waals surface area contributed by atoms with Crippen molar-refractivity contribution >= 4 is 0 Å². The second kappa shape index (κ2) is 3.81. The molecule has 0 fully saturated rings. The fourth-order valence-corrected chi connectivity index (χ4v) is 2.05. The van der Waals surface area contributed by atoms with E-state index >= 15 is 0 Å². The van der Waals surface area contributed by atoms with Gasteiger partial charge < -0.3 is 9.84 Å². The maximum atomic E-state index is 13.1. The van der Waals surface area contributed by atoms with Gasteiger partial charge >= 0.3 is 0 Å². The van der Waals surface area contributed by atoms with Crippen LogP contribution in [0.15, 0.2) is 12.1 Å². The molecule has 0 aliphatic carbocycles. The van der Waals surface area contributed by atoms with Gasteiger partial charge in [-0.2, -0.15) is 0 Å². The molecule has 0 saturated heterocycles. The molecular weight excluding hydrogens is 195 g/mol. The number of halogens is 1. The van der Waals surface area contributed by atoms with Gasteiger partial charge in [-0.05, 0) is 31.0 Å². The third-order valence-corrected chi connectivity index (χ3v) is 2.78. The molecule has 0 amide bonds. The predicted molar refractivity (Wildman–Crippen MR) is 55.4 cm³/mol. The summed E-state index contributed by atoms with van der Waals surface area (Å²) in [6, 6.07) is 2.79. The van der Waals surface area contributed by atoms with Crippen molar-refractivity contribution in [1.29, 1.82) is 0 Å². The molecule has 1 heterocycles. The van der Waals surface area contributed by atoms with Crippen LogP contribution in [0.2, 0.25) is 0 Å². The van der Waals surface area contributed by atoms with Crippen molar-refractivity contribution in [3.05, 3.63) is 29.1 Å². The van der Waals surface area contributed by atoms with E-state index in [1.807, 2.05) is 6.92 Å². The van der Waals surface area contributed by atoms with E-state index in [0.29, 0.717) is 11.3 Å². The fraction of sp³-hybridized carbons (Fsp3) is 0.500. The average molecular weight is 210 g/mol. The molecule has 1 N–H and O–H groups in total. The standard InChI is InChI=1S/C12H15FO2/c1-3-4-10-11(14)9-6-8(13)5-7(2)12(9)15-10/h5-6,10-11,14H,3-4H2,1-2H3. The van der Waals surface area contributed by atoms with Gasteiger partial charge in [-0.1, -0.05) is 13.3 Å². The Morgan fingerprint density at radius 2 is 2.20 bits per heavy atom. The summed E-state index contributed by atoms with van der Waals surface area (Å²) in [7, 11) is 0. The lowest BCUT2D eigenvalue weighted by Crippen LogP contribution is -2.17. The van der Waals surface area contributed by atoms with Gasteiger partial charge in [-0.15, -0.1) is 0 Å². The number of hydrogen-bond donors (Lipinski definition) is 1. The molecular formula is C12H15FO2. The topological polar surface area (TPSA) is 29.5 Å². The molecule has 3 heteroatoms. The van der Waals surface area contributed by atoms with Crippen LogP contribution in [-0.2, 0) is 0 Å². The number of benzene rings is 1. The number of hydrogen-bond acceptors (Lipinski definition) is 2. The average Bonchev–Trinajstić information content (AvgIpc) is 2.47. The van der Waals surface area contributed by atoms with Crippen LogP contribution in [0.4, 0.5) is 4.39 Å². The molecule has 0 bridgehead atoms. The number of fused-ring (bicyclic) bond motifs is 1. The zero-order chi connectivity index (χ0) is 11.0. The van der Waals surface area contributed by atoms with Crippen LogP contribution in [0.5, 0.6) is 5.75 Å². The van der Waals surface area contributed by atoms with Crippen LogP contribution in [0.25, 0.3) is 0 Å². The summed E-state index contributed by atoms with van der Waals surface area (Å²) in [5, 5.41) is 9.93. The number of aliphatic hydroxyl groups is 1. The van der Waals surface area contributed by atoms with Crippen molar-refractivity contribution in [2.24, 2.45) is 0 Å². The molecule has 2 atom stereocenters. The van der Waals surface area contributed by atoms with E-state index in [9.17, 15) is 9.50 Å². The summed E-state index contributed by atoms with van der Waals surface area (Å²) < 4.78 is 18.8. The summed E-state index contributed by atoms with van der Waals surface area (Å²) in [4.78, 5) is 0. The second-order valence-electron chi connectivity index (χ2n) is 4.03. The summed E-state index contributed by atoms with van der Waals surface area (Å²) in [5.74, 6) is 0.341. The summed E-state index contributed by atoms with van der Waals surface area (Å²) in [6.45, 7) is 3.83. The molecule has 1 aromatic carbocycles. The van der Waals surface area contributed by atoms with E-state index in [1.165, 1.54) is 12.1 Å². The minimum absolute atomic E-state index is 0.217. The van der Waals surface area contributed by atoms with Crippen molar-refractivity contribution < 1.29 is 14.2 Å². The molecule has 0 radical (unpaired) electrons. The molecule has 15 heavy (non-hydrogen) atoms. The van der Waals surface area contributed by atoms with E-state index in [0.717, 1.165) is 18.4 Å². The van der Waals surface area contributed by atoms with Gasteiger partial charge in [0.1, 0.15) is 23.8 Å².